The second-order valence-electron chi connectivity index (χ2n) is 11.3. The molecule has 2 N–H and O–H groups in total. The van der Waals surface area contributed by atoms with Crippen LogP contribution < -0.4 is 15.4 Å². The monoisotopic (exact) mass is 583 g/mol. The number of aromatic nitrogens is 2. The van der Waals surface area contributed by atoms with E-state index in [1.165, 1.54) is 6.42 Å². The van der Waals surface area contributed by atoms with Gasteiger partial charge in [-0.3, -0.25) is 9.59 Å². The Balaban J connectivity index is 1.43. The largest absolute Gasteiger partial charge is 0.497 e. The predicted molar refractivity (Wildman–Crippen MR) is 163 cm³/mol. The third kappa shape index (κ3) is 7.99. The zero-order chi connectivity index (χ0) is 29.2. The molecule has 9 nitrogen and oxygen atoms in total. The summed E-state index contributed by atoms with van der Waals surface area (Å²) in [7, 11) is 3.58. The minimum Gasteiger partial charge on any atom is -0.497 e. The number of aryl methyl sites for hydroxylation is 1. The van der Waals surface area contributed by atoms with Crippen molar-refractivity contribution < 1.29 is 19.1 Å². The lowest BCUT2D eigenvalue weighted by atomic mass is 9.63. The number of carbonyl (C=O) groups is 2. The number of hydrogen-bond donors (Lipinski definition) is 2. The Morgan fingerprint density at radius 2 is 1.85 bits per heavy atom. The highest BCUT2D eigenvalue weighted by molar-refractivity contribution is 7.80. The first-order valence-corrected chi connectivity index (χ1v) is 15.4. The van der Waals surface area contributed by atoms with E-state index in [-0.39, 0.29) is 11.9 Å². The molecule has 1 aromatic heterocycles. The quantitative estimate of drug-likeness (QED) is 0.305. The molecular weight excluding hydrogens is 538 g/mol. The summed E-state index contributed by atoms with van der Waals surface area (Å²) in [5.41, 5.74) is 1.49. The SMILES string of the molecule is CCOC(=O)C1(C2CCCCC2)CCN(C(=O)[C@@H](Cc2ccc(OC)cc2)NC(=S)NCCc2cn(C)cn2)CC1. The zero-order valence-corrected chi connectivity index (χ0v) is 25.5. The van der Waals surface area contributed by atoms with Crippen LogP contribution in [-0.2, 0) is 34.2 Å². The van der Waals surface area contributed by atoms with E-state index in [1.807, 2.05) is 53.9 Å². The Hall–Kier alpha value is -3.14. The summed E-state index contributed by atoms with van der Waals surface area (Å²) in [5.74, 6) is 1.02. The molecule has 1 saturated carbocycles. The van der Waals surface area contributed by atoms with E-state index in [0.29, 0.717) is 56.5 Å². The summed E-state index contributed by atoms with van der Waals surface area (Å²) >= 11 is 5.61. The lowest BCUT2D eigenvalue weighted by Gasteiger charge is -2.46. The Labute approximate surface area is 249 Å². The number of imidazole rings is 1. The number of nitrogens with one attached hydrogen (secondary N) is 2. The molecule has 1 amide bonds. The molecular formula is C31H45N5O4S. The highest BCUT2D eigenvalue weighted by atomic mass is 32.1. The Morgan fingerprint density at radius 1 is 1.15 bits per heavy atom. The van der Waals surface area contributed by atoms with Crippen LogP contribution in [0.2, 0.25) is 0 Å². The molecule has 2 aromatic rings. The normalized spacial score (nSPS) is 17.9. The van der Waals surface area contributed by atoms with E-state index in [4.69, 9.17) is 21.7 Å². The van der Waals surface area contributed by atoms with E-state index in [1.54, 1.807) is 13.4 Å². The van der Waals surface area contributed by atoms with E-state index in [0.717, 1.165) is 49.1 Å². The van der Waals surface area contributed by atoms with Crippen LogP contribution >= 0.6 is 12.2 Å². The van der Waals surface area contributed by atoms with Gasteiger partial charge in [-0.15, -0.1) is 0 Å². The smallest absolute Gasteiger partial charge is 0.312 e. The summed E-state index contributed by atoms with van der Waals surface area (Å²) in [6.45, 7) is 3.94. The van der Waals surface area contributed by atoms with Gasteiger partial charge in [0.1, 0.15) is 11.8 Å². The van der Waals surface area contributed by atoms with Gasteiger partial charge in [-0.25, -0.2) is 4.98 Å². The van der Waals surface area contributed by atoms with Crippen molar-refractivity contribution in [1.29, 1.82) is 0 Å². The fraction of sp³-hybridized carbons (Fsp3) is 0.613. The van der Waals surface area contributed by atoms with Crippen LogP contribution in [0.3, 0.4) is 0 Å². The minimum absolute atomic E-state index is 0.00389. The van der Waals surface area contributed by atoms with Crippen LogP contribution in [0, 0.1) is 11.3 Å². The summed E-state index contributed by atoms with van der Waals surface area (Å²) in [6, 6.07) is 7.22. The molecule has 0 bridgehead atoms. The minimum atomic E-state index is -0.539. The van der Waals surface area contributed by atoms with Gasteiger partial charge < -0.3 is 29.6 Å². The van der Waals surface area contributed by atoms with Crippen molar-refractivity contribution >= 4 is 29.2 Å². The number of thiocarbonyl (C=S) groups is 1. The Bertz CT molecular complexity index is 1150. The molecule has 0 spiro atoms. The first-order chi connectivity index (χ1) is 19.8. The topological polar surface area (TPSA) is 97.7 Å². The Morgan fingerprint density at radius 3 is 2.46 bits per heavy atom. The van der Waals surface area contributed by atoms with E-state index in [2.05, 4.69) is 15.6 Å². The van der Waals surface area contributed by atoms with Crippen molar-refractivity contribution in [2.45, 2.75) is 70.8 Å². The third-order valence-corrected chi connectivity index (χ3v) is 8.93. The van der Waals surface area contributed by atoms with Crippen molar-refractivity contribution in [1.82, 2.24) is 25.1 Å². The average Bonchev–Trinajstić information content (AvgIpc) is 3.42. The second kappa shape index (κ2) is 14.7. The van der Waals surface area contributed by atoms with Crippen molar-refractivity contribution in [3.8, 4) is 5.75 Å². The molecule has 0 unspecified atom stereocenters. The maximum atomic E-state index is 14.0. The molecule has 1 aliphatic heterocycles. The molecule has 2 fully saturated rings. The fourth-order valence-corrected chi connectivity index (χ4v) is 6.61. The predicted octanol–water partition coefficient (Wildman–Crippen LogP) is 3.80. The lowest BCUT2D eigenvalue weighted by Crippen LogP contribution is -2.56. The van der Waals surface area contributed by atoms with Gasteiger partial charge in [0, 0.05) is 45.7 Å². The van der Waals surface area contributed by atoms with Gasteiger partial charge in [-0.1, -0.05) is 31.4 Å². The van der Waals surface area contributed by atoms with E-state index >= 15 is 0 Å². The van der Waals surface area contributed by atoms with Gasteiger partial charge in [0.15, 0.2) is 5.11 Å². The number of hydrogen-bond acceptors (Lipinski definition) is 6. The van der Waals surface area contributed by atoms with Crippen molar-refractivity contribution in [2.24, 2.45) is 18.4 Å². The number of nitrogens with zero attached hydrogens (tertiary/aromatic N) is 3. The molecule has 2 heterocycles. The van der Waals surface area contributed by atoms with E-state index in [9.17, 15) is 9.59 Å². The highest BCUT2D eigenvalue weighted by Gasteiger charge is 2.49. The number of esters is 1. The zero-order valence-electron chi connectivity index (χ0n) is 24.7. The molecule has 1 aliphatic carbocycles. The average molecular weight is 584 g/mol. The van der Waals surface area contributed by atoms with Crippen LogP contribution in [0.1, 0.15) is 63.1 Å². The summed E-state index contributed by atoms with van der Waals surface area (Å²) in [5, 5.41) is 6.97. The summed E-state index contributed by atoms with van der Waals surface area (Å²) in [4.78, 5) is 33.5. The molecule has 41 heavy (non-hydrogen) atoms. The third-order valence-electron chi connectivity index (χ3n) is 8.66. The number of methoxy groups -OCH3 is 1. The van der Waals surface area contributed by atoms with Crippen LogP contribution in [0.25, 0.3) is 0 Å². The number of likely N-dealkylation sites (tertiary alicyclic amines) is 1. The molecule has 0 radical (unpaired) electrons. The van der Waals surface area contributed by atoms with Crippen LogP contribution in [-0.4, -0.2) is 70.8 Å². The van der Waals surface area contributed by atoms with Crippen molar-refractivity contribution in [3.63, 3.8) is 0 Å². The van der Waals surface area contributed by atoms with Crippen LogP contribution in [0.15, 0.2) is 36.8 Å². The van der Waals surface area contributed by atoms with Crippen LogP contribution in [0.5, 0.6) is 5.75 Å². The molecule has 2 aliphatic rings. The summed E-state index contributed by atoms with van der Waals surface area (Å²) in [6.07, 6.45) is 11.9. The van der Waals surface area contributed by atoms with Crippen LogP contribution in [0.4, 0.5) is 0 Å². The van der Waals surface area contributed by atoms with Crippen molar-refractivity contribution in [2.75, 3.05) is 33.4 Å². The molecule has 1 aromatic carbocycles. The van der Waals surface area contributed by atoms with E-state index < -0.39 is 11.5 Å². The first kappa shape index (κ1) is 30.8. The highest BCUT2D eigenvalue weighted by Crippen LogP contribution is 2.47. The standard InChI is InChI=1S/C31H45N5O4S/c1-4-40-29(38)31(24-8-6-5-7-9-24)15-18-36(19-16-31)28(37)27(20-23-10-12-26(39-3)13-11-23)34-30(41)32-17-14-25-21-35(2)22-33-25/h10-13,21-22,24,27H,4-9,14-20H2,1-3H3,(H2,32,34,41)/t27-/m1/s1. The summed E-state index contributed by atoms with van der Waals surface area (Å²) < 4.78 is 12.8. The van der Waals surface area contributed by atoms with Gasteiger partial charge in [-0.05, 0) is 68.4 Å². The fourth-order valence-electron chi connectivity index (χ4n) is 6.36. The van der Waals surface area contributed by atoms with Gasteiger partial charge >= 0.3 is 5.97 Å². The maximum absolute atomic E-state index is 14.0. The van der Waals surface area contributed by atoms with Gasteiger partial charge in [0.25, 0.3) is 0 Å². The number of carbonyl (C=O) groups excluding carboxylic acids is 2. The maximum Gasteiger partial charge on any atom is 0.312 e. The number of piperidine rings is 1. The second-order valence-corrected chi connectivity index (χ2v) is 11.7. The van der Waals surface area contributed by atoms with Gasteiger partial charge in [0.05, 0.1) is 31.2 Å². The lowest BCUT2D eigenvalue weighted by molar-refractivity contribution is -0.166. The number of amides is 1. The molecule has 1 saturated heterocycles. The van der Waals surface area contributed by atoms with Gasteiger partial charge in [0.2, 0.25) is 5.91 Å². The molecule has 1 atom stereocenters. The van der Waals surface area contributed by atoms with Crippen molar-refractivity contribution in [3.05, 3.63) is 48.0 Å². The number of ether oxygens (including phenoxy) is 2. The van der Waals surface area contributed by atoms with Gasteiger partial charge in [-0.2, -0.15) is 0 Å². The number of rotatable bonds is 11. The molecule has 10 heteroatoms. The Kier molecular flexibility index (Phi) is 11.0. The first-order valence-electron chi connectivity index (χ1n) is 14.9. The molecule has 4 rings (SSSR count). The number of benzene rings is 1. The molecule has 224 valence electrons.